The molecule has 2 aromatic carbocycles. The van der Waals surface area contributed by atoms with E-state index in [0.29, 0.717) is 0 Å². The van der Waals surface area contributed by atoms with E-state index in [1.807, 2.05) is 47.8 Å². The number of thiazole rings is 1. The largest absolute Gasteiger partial charge is 0.497 e. The lowest BCUT2D eigenvalue weighted by Gasteiger charge is -2.05. The molecule has 0 bridgehead atoms. The van der Waals surface area contributed by atoms with Crippen molar-refractivity contribution in [2.24, 2.45) is 0 Å². The molecule has 0 aliphatic carbocycles. The molecule has 2 heterocycles. The Kier molecular flexibility index (Phi) is 3.51. The van der Waals surface area contributed by atoms with Gasteiger partial charge < -0.3 is 19.5 Å². The Bertz CT molecular complexity index is 847. The van der Waals surface area contributed by atoms with Crippen LogP contribution in [-0.2, 0) is 0 Å². The Morgan fingerprint density at radius 1 is 1.13 bits per heavy atom. The van der Waals surface area contributed by atoms with Crippen LogP contribution >= 0.6 is 11.3 Å². The topological polar surface area (TPSA) is 52.6 Å². The fourth-order valence-electron chi connectivity index (χ4n) is 2.34. The van der Waals surface area contributed by atoms with Gasteiger partial charge in [0.05, 0.1) is 12.8 Å². The van der Waals surface area contributed by atoms with Crippen molar-refractivity contribution >= 4 is 22.2 Å². The summed E-state index contributed by atoms with van der Waals surface area (Å²) in [5.41, 5.74) is 2.85. The molecule has 0 atom stereocenters. The zero-order chi connectivity index (χ0) is 15.6. The van der Waals surface area contributed by atoms with Crippen LogP contribution in [0.3, 0.4) is 0 Å². The van der Waals surface area contributed by atoms with Gasteiger partial charge in [0.1, 0.15) is 5.75 Å². The highest BCUT2D eigenvalue weighted by Crippen LogP contribution is 2.37. The van der Waals surface area contributed by atoms with Gasteiger partial charge in [-0.2, -0.15) is 0 Å². The van der Waals surface area contributed by atoms with Gasteiger partial charge in [-0.3, -0.25) is 0 Å². The molecule has 1 aromatic heterocycles. The number of methoxy groups -OCH3 is 1. The molecule has 5 nitrogen and oxygen atoms in total. The molecule has 3 aromatic rings. The Balaban J connectivity index is 1.56. The lowest BCUT2D eigenvalue weighted by Crippen LogP contribution is -1.92. The average Bonchev–Trinajstić information content (AvgIpc) is 3.23. The van der Waals surface area contributed by atoms with Gasteiger partial charge >= 0.3 is 0 Å². The summed E-state index contributed by atoms with van der Waals surface area (Å²) in [6, 6.07) is 13.6. The average molecular weight is 326 g/mol. The van der Waals surface area contributed by atoms with E-state index < -0.39 is 0 Å². The molecule has 4 rings (SSSR count). The molecule has 0 saturated carbocycles. The Morgan fingerprint density at radius 3 is 2.96 bits per heavy atom. The minimum atomic E-state index is 0.276. The lowest BCUT2D eigenvalue weighted by molar-refractivity contribution is 0.174. The van der Waals surface area contributed by atoms with Crippen molar-refractivity contribution in [1.82, 2.24) is 4.98 Å². The van der Waals surface area contributed by atoms with Crippen molar-refractivity contribution in [2.75, 3.05) is 19.2 Å². The summed E-state index contributed by atoms with van der Waals surface area (Å²) in [7, 11) is 1.65. The zero-order valence-electron chi connectivity index (χ0n) is 12.4. The summed E-state index contributed by atoms with van der Waals surface area (Å²) >= 11 is 1.55. The van der Waals surface area contributed by atoms with Gasteiger partial charge in [-0.05, 0) is 30.3 Å². The maximum absolute atomic E-state index is 5.41. The number of aromatic nitrogens is 1. The summed E-state index contributed by atoms with van der Waals surface area (Å²) in [5.74, 6) is 2.35. The van der Waals surface area contributed by atoms with Crippen LogP contribution in [-0.4, -0.2) is 18.9 Å². The molecule has 1 aliphatic heterocycles. The summed E-state index contributed by atoms with van der Waals surface area (Å²) in [5, 5.41) is 6.13. The van der Waals surface area contributed by atoms with Gasteiger partial charge in [-0.1, -0.05) is 6.07 Å². The Hall–Kier alpha value is -2.73. The van der Waals surface area contributed by atoms with Crippen molar-refractivity contribution in [3.8, 4) is 28.5 Å². The lowest BCUT2D eigenvalue weighted by atomic mass is 10.1. The van der Waals surface area contributed by atoms with E-state index in [2.05, 4.69) is 10.3 Å². The van der Waals surface area contributed by atoms with Crippen LogP contribution < -0.4 is 19.5 Å². The van der Waals surface area contributed by atoms with Crippen molar-refractivity contribution in [1.29, 1.82) is 0 Å². The van der Waals surface area contributed by atoms with E-state index in [1.165, 1.54) is 0 Å². The smallest absolute Gasteiger partial charge is 0.231 e. The molecule has 0 fully saturated rings. The fraction of sp³-hybridized carbons (Fsp3) is 0.118. The molecule has 1 aliphatic rings. The number of fused-ring (bicyclic) bond motifs is 1. The summed E-state index contributed by atoms with van der Waals surface area (Å²) in [6.45, 7) is 0.276. The third-order valence-electron chi connectivity index (χ3n) is 3.49. The molecule has 0 spiro atoms. The predicted octanol–water partition coefficient (Wildman–Crippen LogP) is 4.29. The standard InChI is InChI=1S/C17H14N2O3S/c1-20-13-4-2-3-12(8-13)18-17-19-14(9-23-17)11-5-6-15-16(7-11)22-10-21-15/h2-9H,10H2,1H3,(H,18,19). The first-order chi connectivity index (χ1) is 11.3. The minimum Gasteiger partial charge on any atom is -0.497 e. The molecular formula is C17H14N2O3S. The van der Waals surface area contributed by atoms with E-state index in [1.54, 1.807) is 18.4 Å². The van der Waals surface area contributed by atoms with E-state index in [9.17, 15) is 0 Å². The highest BCUT2D eigenvalue weighted by molar-refractivity contribution is 7.14. The number of hydrogen-bond acceptors (Lipinski definition) is 6. The zero-order valence-corrected chi connectivity index (χ0v) is 13.2. The van der Waals surface area contributed by atoms with Crippen molar-refractivity contribution in [2.45, 2.75) is 0 Å². The monoisotopic (exact) mass is 326 g/mol. The molecule has 0 saturated heterocycles. The Morgan fingerprint density at radius 2 is 2.04 bits per heavy atom. The first-order valence-corrected chi connectivity index (χ1v) is 7.96. The number of ether oxygens (including phenoxy) is 3. The van der Waals surface area contributed by atoms with Crippen LogP contribution in [0.5, 0.6) is 17.2 Å². The van der Waals surface area contributed by atoms with Gasteiger partial charge in [0.25, 0.3) is 0 Å². The van der Waals surface area contributed by atoms with Crippen molar-refractivity contribution < 1.29 is 14.2 Å². The first kappa shape index (κ1) is 13.9. The second-order valence-electron chi connectivity index (χ2n) is 4.96. The maximum Gasteiger partial charge on any atom is 0.231 e. The third kappa shape index (κ3) is 2.80. The molecule has 1 N–H and O–H groups in total. The van der Waals surface area contributed by atoms with Crippen LogP contribution in [0.2, 0.25) is 0 Å². The molecule has 0 radical (unpaired) electrons. The van der Waals surface area contributed by atoms with Crippen LogP contribution in [0.25, 0.3) is 11.3 Å². The van der Waals surface area contributed by atoms with Crippen LogP contribution in [0.15, 0.2) is 47.8 Å². The number of benzene rings is 2. The second kappa shape index (κ2) is 5.81. The van der Waals surface area contributed by atoms with E-state index >= 15 is 0 Å². The van der Waals surface area contributed by atoms with Gasteiger partial charge in [-0.25, -0.2) is 4.98 Å². The van der Waals surface area contributed by atoms with Crippen LogP contribution in [0.4, 0.5) is 10.8 Å². The van der Waals surface area contributed by atoms with Crippen molar-refractivity contribution in [3.05, 3.63) is 47.8 Å². The molecule has 6 heteroatoms. The predicted molar refractivity (Wildman–Crippen MR) is 89.9 cm³/mol. The number of rotatable bonds is 4. The quantitative estimate of drug-likeness (QED) is 0.775. The highest BCUT2D eigenvalue weighted by Gasteiger charge is 2.15. The highest BCUT2D eigenvalue weighted by atomic mass is 32.1. The van der Waals surface area contributed by atoms with E-state index in [0.717, 1.165) is 39.3 Å². The van der Waals surface area contributed by atoms with E-state index in [-0.39, 0.29) is 6.79 Å². The minimum absolute atomic E-state index is 0.276. The molecule has 23 heavy (non-hydrogen) atoms. The van der Waals surface area contributed by atoms with Gasteiger partial charge in [0, 0.05) is 22.7 Å². The SMILES string of the molecule is COc1cccc(Nc2nc(-c3ccc4c(c3)OCO4)cs2)c1. The molecule has 0 amide bonds. The first-order valence-electron chi connectivity index (χ1n) is 7.08. The van der Waals surface area contributed by atoms with Crippen LogP contribution in [0, 0.1) is 0 Å². The van der Waals surface area contributed by atoms with Crippen molar-refractivity contribution in [3.63, 3.8) is 0 Å². The molecule has 116 valence electrons. The second-order valence-corrected chi connectivity index (χ2v) is 5.82. The molecular weight excluding hydrogens is 312 g/mol. The molecule has 0 unspecified atom stereocenters. The number of nitrogens with zero attached hydrogens (tertiary/aromatic N) is 1. The van der Waals surface area contributed by atoms with E-state index in [4.69, 9.17) is 14.2 Å². The van der Waals surface area contributed by atoms with Gasteiger partial charge in [-0.15, -0.1) is 11.3 Å². The summed E-state index contributed by atoms with van der Waals surface area (Å²) < 4.78 is 16.0. The third-order valence-corrected chi connectivity index (χ3v) is 4.25. The maximum atomic E-state index is 5.41. The number of nitrogens with one attached hydrogen (secondary N) is 1. The summed E-state index contributed by atoms with van der Waals surface area (Å²) in [4.78, 5) is 4.63. The number of anilines is 2. The fourth-order valence-corrected chi connectivity index (χ4v) is 3.08. The van der Waals surface area contributed by atoms with Gasteiger partial charge in [0.15, 0.2) is 16.6 Å². The summed E-state index contributed by atoms with van der Waals surface area (Å²) in [6.07, 6.45) is 0. The number of hydrogen-bond donors (Lipinski definition) is 1. The normalized spacial score (nSPS) is 12.2. The van der Waals surface area contributed by atoms with Crippen LogP contribution in [0.1, 0.15) is 0 Å². The Labute approximate surface area is 137 Å². The van der Waals surface area contributed by atoms with Gasteiger partial charge in [0.2, 0.25) is 6.79 Å².